The fraction of sp³-hybridized carbons (Fsp3) is 0. The zero-order valence-corrected chi connectivity index (χ0v) is 26.8. The topological polar surface area (TPSA) is 0 Å². The molecule has 0 fully saturated rings. The Morgan fingerprint density at radius 1 is 0.333 bits per heavy atom. The molecule has 0 saturated heterocycles. The molecule has 1 aliphatic heterocycles. The zero-order chi connectivity index (χ0) is 30.1. The van der Waals surface area contributed by atoms with Gasteiger partial charge in [0, 0.05) is 10.0 Å². The van der Waals surface area contributed by atoms with E-state index in [1.54, 1.807) is 0 Å². The number of rotatable bonds is 4. The highest BCUT2D eigenvalue weighted by molar-refractivity contribution is 7.18. The lowest BCUT2D eigenvalue weighted by Gasteiger charge is -2.34. The summed E-state index contributed by atoms with van der Waals surface area (Å²) in [6.45, 7) is 0. The van der Waals surface area contributed by atoms with E-state index in [0.29, 0.717) is 0 Å². The van der Waals surface area contributed by atoms with Crippen molar-refractivity contribution in [3.63, 3.8) is 0 Å². The summed E-state index contributed by atoms with van der Waals surface area (Å²) in [7, 11) is -2.97. The fourth-order valence-electron chi connectivity index (χ4n) is 8.00. The van der Waals surface area contributed by atoms with Gasteiger partial charge in [-0.2, -0.15) is 0 Å². The van der Waals surface area contributed by atoms with E-state index in [1.807, 2.05) is 12.1 Å². The molecular weight excluding hydrogens is 603 g/mol. The summed E-state index contributed by atoms with van der Waals surface area (Å²) in [4.78, 5) is 0. The molecule has 0 atom stereocenters. The van der Waals surface area contributed by atoms with Gasteiger partial charge in [0.1, 0.15) is 0 Å². The van der Waals surface area contributed by atoms with Gasteiger partial charge in [-0.3, -0.25) is 0 Å². The van der Waals surface area contributed by atoms with E-state index in [2.05, 4.69) is 146 Å². The van der Waals surface area contributed by atoms with Crippen molar-refractivity contribution in [1.82, 2.24) is 0 Å². The van der Waals surface area contributed by atoms with Crippen molar-refractivity contribution in [3.8, 4) is 0 Å². The Labute approximate surface area is 274 Å². The van der Waals surface area contributed by atoms with Crippen molar-refractivity contribution in [1.29, 1.82) is 0 Å². The molecule has 6 aromatic rings. The number of benzene rings is 6. The first-order chi connectivity index (χ1) is 22.2. The van der Waals surface area contributed by atoms with Gasteiger partial charge < -0.3 is 0 Å². The van der Waals surface area contributed by atoms with Crippen molar-refractivity contribution < 1.29 is 0 Å². The van der Waals surface area contributed by atoms with Crippen LogP contribution in [0.25, 0.3) is 22.3 Å². The molecule has 0 spiro atoms. The maximum Gasteiger partial charge on any atom is 0.182 e. The van der Waals surface area contributed by atoms with E-state index in [9.17, 15) is 0 Å². The second kappa shape index (κ2) is 10.2. The Kier molecular flexibility index (Phi) is 6.05. The van der Waals surface area contributed by atoms with Crippen LogP contribution in [0, 0.1) is 0 Å². The second-order valence-corrected chi connectivity index (χ2v) is 16.4. The van der Waals surface area contributed by atoms with Crippen LogP contribution in [0.5, 0.6) is 0 Å². The highest BCUT2D eigenvalue weighted by atomic mass is 35.5. The van der Waals surface area contributed by atoms with Gasteiger partial charge in [-0.1, -0.05) is 157 Å². The van der Waals surface area contributed by atoms with Gasteiger partial charge in [0.05, 0.1) is 0 Å². The third-order valence-corrected chi connectivity index (χ3v) is 14.9. The third-order valence-electron chi connectivity index (χ3n) is 9.58. The third kappa shape index (κ3) is 3.72. The number of hydrogen-bond donors (Lipinski definition) is 0. The summed E-state index contributed by atoms with van der Waals surface area (Å²) in [6.07, 6.45) is 0. The van der Waals surface area contributed by atoms with Crippen LogP contribution in [0.4, 0.5) is 0 Å². The molecule has 6 aromatic carbocycles. The molecule has 9 rings (SSSR count). The van der Waals surface area contributed by atoms with Gasteiger partial charge in [-0.05, 0) is 101 Å². The molecule has 45 heavy (non-hydrogen) atoms. The van der Waals surface area contributed by atoms with E-state index in [-0.39, 0.29) is 0 Å². The molecule has 0 nitrogen and oxygen atoms in total. The Morgan fingerprint density at radius 2 is 0.689 bits per heavy atom. The quantitative estimate of drug-likeness (QED) is 0.170. The summed E-state index contributed by atoms with van der Waals surface area (Å²) < 4.78 is 0. The lowest BCUT2D eigenvalue weighted by Crippen LogP contribution is -2.60. The minimum absolute atomic E-state index is 0.743. The molecule has 0 bridgehead atoms. The molecule has 0 N–H and O–H groups in total. The molecular formula is C42H26Cl2Si. The largest absolute Gasteiger partial charge is 0.182 e. The molecule has 0 amide bonds. The van der Waals surface area contributed by atoms with Crippen LogP contribution in [0.15, 0.2) is 168 Å². The molecule has 2 aliphatic carbocycles. The Morgan fingerprint density at radius 3 is 1.07 bits per heavy atom. The molecule has 212 valence electrons. The smallest absolute Gasteiger partial charge is 0.0843 e. The van der Waals surface area contributed by atoms with Crippen LogP contribution in [-0.2, 0) is 0 Å². The van der Waals surface area contributed by atoms with Crippen LogP contribution < -0.4 is 10.4 Å². The lowest BCUT2D eigenvalue weighted by atomic mass is 9.95. The molecule has 3 aliphatic rings. The van der Waals surface area contributed by atoms with E-state index in [0.717, 1.165) is 10.0 Å². The van der Waals surface area contributed by atoms with Crippen molar-refractivity contribution in [3.05, 3.63) is 212 Å². The van der Waals surface area contributed by atoms with Crippen LogP contribution in [0.1, 0.15) is 33.4 Å². The molecule has 0 unspecified atom stereocenters. The van der Waals surface area contributed by atoms with Gasteiger partial charge >= 0.3 is 0 Å². The SMILES string of the molecule is Clc1ccc2c(c1)C1=C3C(=C(c4ccccc4)c4ccc(Cl)cc43)[Si](c3ccccc3)(c3ccccc3)C1=C2c1ccccc1. The van der Waals surface area contributed by atoms with Crippen molar-refractivity contribution in [2.75, 3.05) is 0 Å². The monoisotopic (exact) mass is 628 g/mol. The molecule has 0 saturated carbocycles. The minimum Gasteiger partial charge on any atom is -0.0843 e. The van der Waals surface area contributed by atoms with E-state index >= 15 is 0 Å². The first kappa shape index (κ1) is 26.7. The average molecular weight is 630 g/mol. The maximum atomic E-state index is 6.84. The lowest BCUT2D eigenvalue weighted by molar-refractivity contribution is 1.54. The van der Waals surface area contributed by atoms with Gasteiger partial charge in [0.25, 0.3) is 0 Å². The highest BCUT2D eigenvalue weighted by Gasteiger charge is 2.59. The summed E-state index contributed by atoms with van der Waals surface area (Å²) in [5.41, 5.74) is 12.5. The minimum atomic E-state index is -2.97. The Balaban J connectivity index is 1.58. The molecule has 1 heterocycles. The van der Waals surface area contributed by atoms with E-state index in [1.165, 1.54) is 76.4 Å². The summed E-state index contributed by atoms with van der Waals surface area (Å²) in [5.74, 6) is 0. The van der Waals surface area contributed by atoms with E-state index in [4.69, 9.17) is 23.2 Å². The van der Waals surface area contributed by atoms with Gasteiger partial charge in [0.15, 0.2) is 8.07 Å². The summed E-state index contributed by atoms with van der Waals surface area (Å²) in [5, 5.41) is 7.10. The van der Waals surface area contributed by atoms with Crippen LogP contribution >= 0.6 is 23.2 Å². The van der Waals surface area contributed by atoms with Gasteiger partial charge in [-0.15, -0.1) is 0 Å². The van der Waals surface area contributed by atoms with Gasteiger partial charge in [0.2, 0.25) is 0 Å². The number of halogens is 2. The maximum absolute atomic E-state index is 6.84. The first-order valence-corrected chi connectivity index (χ1v) is 18.0. The van der Waals surface area contributed by atoms with Crippen LogP contribution in [-0.4, -0.2) is 8.07 Å². The number of fused-ring (bicyclic) bond motifs is 6. The Bertz CT molecular complexity index is 2080. The van der Waals surface area contributed by atoms with Crippen LogP contribution in [0.2, 0.25) is 10.0 Å². The van der Waals surface area contributed by atoms with Crippen molar-refractivity contribution >= 4 is 63.9 Å². The highest BCUT2D eigenvalue weighted by Crippen LogP contribution is 2.64. The van der Waals surface area contributed by atoms with Crippen molar-refractivity contribution in [2.45, 2.75) is 0 Å². The second-order valence-electron chi connectivity index (χ2n) is 11.8. The van der Waals surface area contributed by atoms with E-state index < -0.39 is 8.07 Å². The Hall–Kier alpha value is -4.66. The molecule has 3 heteroatoms. The normalized spacial score (nSPS) is 15.7. The first-order valence-electron chi connectivity index (χ1n) is 15.2. The predicted octanol–water partition coefficient (Wildman–Crippen LogP) is 9.89. The van der Waals surface area contributed by atoms with Gasteiger partial charge in [-0.25, -0.2) is 0 Å². The standard InChI is InChI=1S/C42H26Cl2Si/c43-29-21-23-33-35(25-29)39-40-36-26-30(44)22-24-34(36)38(28-15-7-2-8-16-28)42(40)45(31-17-9-3-10-18-31,32-19-11-4-12-20-32)41(39)37(33)27-13-5-1-6-14-27/h1-26H. The number of allylic oxidation sites excluding steroid dienone is 4. The molecule has 0 aromatic heterocycles. The zero-order valence-electron chi connectivity index (χ0n) is 24.3. The molecule has 0 radical (unpaired) electrons. The fourth-order valence-corrected chi connectivity index (χ4v) is 14.0. The van der Waals surface area contributed by atoms with Crippen LogP contribution in [0.3, 0.4) is 0 Å². The summed E-state index contributed by atoms with van der Waals surface area (Å²) in [6, 6.07) is 57.2. The van der Waals surface area contributed by atoms with Crippen molar-refractivity contribution in [2.24, 2.45) is 0 Å². The number of hydrogen-bond acceptors (Lipinski definition) is 0. The average Bonchev–Trinajstić information content (AvgIpc) is 3.70. The summed E-state index contributed by atoms with van der Waals surface area (Å²) >= 11 is 13.7. The predicted molar refractivity (Wildman–Crippen MR) is 193 cm³/mol.